The summed E-state index contributed by atoms with van der Waals surface area (Å²) in [6.07, 6.45) is 5.43. The largest absolute Gasteiger partial charge is 0.480 e. The van der Waals surface area contributed by atoms with Crippen LogP contribution in [0.5, 0.6) is 0 Å². The molecular weight excluding hydrogens is 388 g/mol. The first-order valence-electron chi connectivity index (χ1n) is 11.3. The number of unbranched alkanes of at least 4 members (excludes halogenated alkanes) is 1. The second kappa shape index (κ2) is 9.96. The fourth-order valence-corrected chi connectivity index (χ4v) is 4.42. The predicted octanol–water partition coefficient (Wildman–Crippen LogP) is 3.62. The molecule has 1 saturated heterocycles. The Labute approximate surface area is 184 Å². The molecule has 2 aromatic rings. The van der Waals surface area contributed by atoms with Crippen LogP contribution in [0.4, 0.5) is 5.82 Å². The average Bonchev–Trinajstić information content (AvgIpc) is 2.75. The summed E-state index contributed by atoms with van der Waals surface area (Å²) in [5.41, 5.74) is 4.34. The number of rotatable bonds is 10. The van der Waals surface area contributed by atoms with Gasteiger partial charge in [-0.2, -0.15) is 0 Å². The summed E-state index contributed by atoms with van der Waals surface area (Å²) >= 11 is 0. The van der Waals surface area contributed by atoms with Crippen molar-refractivity contribution in [2.45, 2.75) is 38.1 Å². The number of hydrogen-bond donors (Lipinski definition) is 3. The number of aromatic nitrogens is 1. The maximum Gasteiger partial charge on any atom is 0.325 e. The number of fused-ring (bicyclic) bond motifs is 1. The molecule has 2 aliphatic rings. The second-order valence-electron chi connectivity index (χ2n) is 8.55. The molecule has 1 unspecified atom stereocenters. The van der Waals surface area contributed by atoms with Crippen LogP contribution in [0.25, 0.3) is 0 Å². The molecule has 0 saturated carbocycles. The molecule has 1 atom stereocenters. The Morgan fingerprint density at radius 3 is 2.81 bits per heavy atom. The third kappa shape index (κ3) is 5.25. The summed E-state index contributed by atoms with van der Waals surface area (Å²) in [6, 6.07) is 13.2. The van der Waals surface area contributed by atoms with E-state index in [0.29, 0.717) is 5.92 Å². The number of carboxylic acids is 1. The van der Waals surface area contributed by atoms with Gasteiger partial charge in [-0.15, -0.1) is 0 Å². The van der Waals surface area contributed by atoms with Crippen molar-refractivity contribution in [2.24, 2.45) is 5.92 Å². The predicted molar refractivity (Wildman–Crippen MR) is 123 cm³/mol. The van der Waals surface area contributed by atoms with Gasteiger partial charge in [-0.05, 0) is 49.3 Å². The molecule has 0 spiro atoms. The van der Waals surface area contributed by atoms with Crippen LogP contribution in [0.3, 0.4) is 0 Å². The van der Waals surface area contributed by atoms with Crippen molar-refractivity contribution in [3.63, 3.8) is 0 Å². The lowest BCUT2D eigenvalue weighted by atomic mass is 9.92. The van der Waals surface area contributed by atoms with Crippen LogP contribution >= 0.6 is 0 Å². The zero-order chi connectivity index (χ0) is 21.6. The monoisotopic (exact) mass is 420 g/mol. The lowest BCUT2D eigenvalue weighted by Crippen LogP contribution is -2.52. The Balaban J connectivity index is 1.16. The molecule has 1 aromatic heterocycles. The number of carbonyl (C=O) groups is 1. The maximum atomic E-state index is 11.8. The summed E-state index contributed by atoms with van der Waals surface area (Å²) in [7, 11) is 0. The van der Waals surface area contributed by atoms with Gasteiger partial charge in [0, 0.05) is 43.5 Å². The van der Waals surface area contributed by atoms with E-state index in [0.717, 1.165) is 74.6 Å². The number of hydrogen-bond acceptors (Lipinski definition) is 5. The highest BCUT2D eigenvalue weighted by Gasteiger charge is 2.38. The fourth-order valence-electron chi connectivity index (χ4n) is 4.42. The fraction of sp³-hybridized carbons (Fsp3) is 0.440. The van der Waals surface area contributed by atoms with Gasteiger partial charge in [-0.25, -0.2) is 4.98 Å². The van der Waals surface area contributed by atoms with E-state index in [1.807, 2.05) is 35.2 Å². The van der Waals surface area contributed by atoms with Gasteiger partial charge in [-0.1, -0.05) is 43.0 Å². The lowest BCUT2D eigenvalue weighted by Gasteiger charge is -2.43. The zero-order valence-corrected chi connectivity index (χ0v) is 18.0. The molecule has 3 heterocycles. The van der Waals surface area contributed by atoms with Gasteiger partial charge in [-0.3, -0.25) is 9.69 Å². The number of likely N-dealkylation sites (tertiary alicyclic amines) is 1. The molecule has 0 aliphatic carbocycles. The molecule has 4 rings (SSSR count). The van der Waals surface area contributed by atoms with Gasteiger partial charge in [0.05, 0.1) is 0 Å². The van der Waals surface area contributed by atoms with E-state index in [9.17, 15) is 9.90 Å². The van der Waals surface area contributed by atoms with Crippen molar-refractivity contribution in [2.75, 3.05) is 31.5 Å². The molecule has 6 nitrogen and oxygen atoms in total. The van der Waals surface area contributed by atoms with E-state index < -0.39 is 12.0 Å². The SMILES string of the molecule is C=C(NCCCCc1ccc2c(n1)NCCC2)C1CN(C(C(=O)O)c2ccccc2)C1. The number of benzene rings is 1. The first kappa shape index (κ1) is 21.4. The average molecular weight is 421 g/mol. The molecule has 6 heteroatoms. The number of anilines is 1. The van der Waals surface area contributed by atoms with Gasteiger partial charge in [0.2, 0.25) is 0 Å². The van der Waals surface area contributed by atoms with Crippen LogP contribution in [0.1, 0.15) is 42.1 Å². The number of carboxylic acid groups (broad SMARTS) is 1. The Morgan fingerprint density at radius 2 is 2.03 bits per heavy atom. The van der Waals surface area contributed by atoms with Crippen LogP contribution in [-0.2, 0) is 17.6 Å². The Bertz CT molecular complexity index is 909. The highest BCUT2D eigenvalue weighted by atomic mass is 16.4. The summed E-state index contributed by atoms with van der Waals surface area (Å²) in [5, 5.41) is 16.5. The van der Waals surface area contributed by atoms with E-state index >= 15 is 0 Å². The quantitative estimate of drug-likeness (QED) is 0.510. The van der Waals surface area contributed by atoms with Crippen molar-refractivity contribution < 1.29 is 9.90 Å². The molecule has 0 bridgehead atoms. The van der Waals surface area contributed by atoms with Gasteiger partial charge in [0.1, 0.15) is 11.9 Å². The van der Waals surface area contributed by atoms with E-state index in [-0.39, 0.29) is 0 Å². The van der Waals surface area contributed by atoms with Crippen LogP contribution in [0.2, 0.25) is 0 Å². The van der Waals surface area contributed by atoms with Crippen molar-refractivity contribution in [3.8, 4) is 0 Å². The number of nitrogens with one attached hydrogen (secondary N) is 2. The van der Waals surface area contributed by atoms with Crippen molar-refractivity contribution in [1.29, 1.82) is 0 Å². The Hall–Kier alpha value is -2.86. The zero-order valence-electron chi connectivity index (χ0n) is 18.0. The smallest absolute Gasteiger partial charge is 0.325 e. The summed E-state index contributed by atoms with van der Waals surface area (Å²) < 4.78 is 0. The highest BCUT2D eigenvalue weighted by Crippen LogP contribution is 2.31. The molecule has 164 valence electrons. The molecule has 0 radical (unpaired) electrons. The third-order valence-corrected chi connectivity index (χ3v) is 6.28. The van der Waals surface area contributed by atoms with Gasteiger partial charge in [0.25, 0.3) is 0 Å². The van der Waals surface area contributed by atoms with Crippen molar-refractivity contribution in [1.82, 2.24) is 15.2 Å². The molecule has 1 fully saturated rings. The standard InChI is InChI=1S/C25H32N4O2/c1-18(21-16-29(17-21)23(25(30)31)19-8-3-2-4-9-19)26-14-6-5-11-22-13-12-20-10-7-15-27-24(20)28-22/h2-4,8-9,12-13,21,23,26H,1,5-7,10-11,14-17H2,(H,27,28)(H,30,31). The third-order valence-electron chi connectivity index (χ3n) is 6.28. The molecule has 0 amide bonds. The summed E-state index contributed by atoms with van der Waals surface area (Å²) in [6.45, 7) is 7.55. The molecule has 2 aliphatic heterocycles. The minimum absolute atomic E-state index is 0.305. The van der Waals surface area contributed by atoms with Crippen LogP contribution in [0.15, 0.2) is 54.7 Å². The first-order valence-corrected chi connectivity index (χ1v) is 11.3. The molecule has 1 aromatic carbocycles. The van der Waals surface area contributed by atoms with Crippen LogP contribution < -0.4 is 10.6 Å². The van der Waals surface area contributed by atoms with Gasteiger partial charge >= 0.3 is 5.97 Å². The van der Waals surface area contributed by atoms with Crippen LogP contribution in [0, 0.1) is 5.92 Å². The molecule has 31 heavy (non-hydrogen) atoms. The Kier molecular flexibility index (Phi) is 6.87. The second-order valence-corrected chi connectivity index (χ2v) is 8.55. The number of aliphatic carboxylic acids is 1. The van der Waals surface area contributed by atoms with E-state index in [4.69, 9.17) is 4.98 Å². The number of pyridine rings is 1. The van der Waals surface area contributed by atoms with E-state index in [1.165, 1.54) is 12.0 Å². The minimum atomic E-state index is -0.797. The number of nitrogens with zero attached hydrogens (tertiary/aromatic N) is 2. The highest BCUT2D eigenvalue weighted by molar-refractivity contribution is 5.75. The molecular formula is C25H32N4O2. The van der Waals surface area contributed by atoms with Crippen LogP contribution in [-0.4, -0.2) is 47.1 Å². The Morgan fingerprint density at radius 1 is 1.23 bits per heavy atom. The first-order chi connectivity index (χ1) is 15.1. The normalized spacial score (nSPS) is 17.2. The summed E-state index contributed by atoms with van der Waals surface area (Å²) in [4.78, 5) is 18.5. The topological polar surface area (TPSA) is 77.5 Å². The van der Waals surface area contributed by atoms with Gasteiger partial charge < -0.3 is 15.7 Å². The lowest BCUT2D eigenvalue weighted by molar-refractivity contribution is -0.146. The number of aryl methyl sites for hydroxylation is 2. The molecule has 3 N–H and O–H groups in total. The van der Waals surface area contributed by atoms with Crippen molar-refractivity contribution in [3.05, 3.63) is 71.6 Å². The maximum absolute atomic E-state index is 11.8. The van der Waals surface area contributed by atoms with E-state index in [2.05, 4.69) is 29.3 Å². The van der Waals surface area contributed by atoms with Crippen molar-refractivity contribution >= 4 is 11.8 Å². The van der Waals surface area contributed by atoms with E-state index in [1.54, 1.807) is 0 Å². The minimum Gasteiger partial charge on any atom is -0.480 e. The summed E-state index contributed by atoms with van der Waals surface area (Å²) in [5.74, 6) is 0.577. The van der Waals surface area contributed by atoms with Gasteiger partial charge in [0.15, 0.2) is 0 Å².